The summed E-state index contributed by atoms with van der Waals surface area (Å²) in [6, 6.07) is 17.9. The lowest BCUT2D eigenvalue weighted by Crippen LogP contribution is -2.37. The summed E-state index contributed by atoms with van der Waals surface area (Å²) in [5, 5.41) is 9.01. The molecule has 3 N–H and O–H groups in total. The third-order valence-electron chi connectivity index (χ3n) is 4.55. The number of nitrogens with one attached hydrogen (secondary N) is 3. The topological polar surface area (TPSA) is 131 Å². The SMILES string of the molecule is CCOc1cc(/C=N\NC(=O)C(=O)NCc2ccco2)ccc1OCC(=O)NCc1ccccc1. The molecule has 3 amide bonds. The summed E-state index contributed by atoms with van der Waals surface area (Å²) in [5.74, 6) is -0.707. The molecule has 10 heteroatoms. The van der Waals surface area contributed by atoms with E-state index in [-0.39, 0.29) is 19.1 Å². The highest BCUT2D eigenvalue weighted by molar-refractivity contribution is 6.35. The molecule has 0 atom stereocenters. The Morgan fingerprint density at radius 1 is 0.914 bits per heavy atom. The quantitative estimate of drug-likeness (QED) is 0.220. The molecule has 182 valence electrons. The van der Waals surface area contributed by atoms with E-state index in [0.717, 1.165) is 5.56 Å². The molecule has 3 aromatic rings. The van der Waals surface area contributed by atoms with Crippen molar-refractivity contribution >= 4 is 23.9 Å². The zero-order chi connectivity index (χ0) is 24.9. The van der Waals surface area contributed by atoms with Gasteiger partial charge in [0.1, 0.15) is 5.76 Å². The first kappa shape index (κ1) is 25.0. The van der Waals surface area contributed by atoms with Crippen LogP contribution in [0.4, 0.5) is 0 Å². The van der Waals surface area contributed by atoms with Crippen LogP contribution in [0.25, 0.3) is 0 Å². The average molecular weight is 479 g/mol. The Labute approximate surface area is 202 Å². The van der Waals surface area contributed by atoms with Gasteiger partial charge in [0.15, 0.2) is 18.1 Å². The lowest BCUT2D eigenvalue weighted by atomic mass is 10.2. The van der Waals surface area contributed by atoms with E-state index in [1.165, 1.54) is 12.5 Å². The number of amides is 3. The van der Waals surface area contributed by atoms with Crippen LogP contribution in [-0.2, 0) is 27.5 Å². The van der Waals surface area contributed by atoms with Crippen LogP contribution in [0.5, 0.6) is 11.5 Å². The van der Waals surface area contributed by atoms with Crippen molar-refractivity contribution in [1.82, 2.24) is 16.1 Å². The number of rotatable bonds is 11. The molecule has 10 nitrogen and oxygen atoms in total. The van der Waals surface area contributed by atoms with E-state index in [1.54, 1.807) is 30.3 Å². The Morgan fingerprint density at radius 3 is 2.49 bits per heavy atom. The predicted octanol–water partition coefficient (Wildman–Crippen LogP) is 2.14. The summed E-state index contributed by atoms with van der Waals surface area (Å²) >= 11 is 0. The van der Waals surface area contributed by atoms with Gasteiger partial charge >= 0.3 is 11.8 Å². The predicted molar refractivity (Wildman–Crippen MR) is 128 cm³/mol. The normalized spacial score (nSPS) is 10.5. The summed E-state index contributed by atoms with van der Waals surface area (Å²) in [4.78, 5) is 35.8. The maximum absolute atomic E-state index is 12.1. The van der Waals surface area contributed by atoms with Gasteiger partial charge in [0.05, 0.1) is 25.6 Å². The Bertz CT molecular complexity index is 1150. The molecule has 0 aliphatic rings. The molecular formula is C25H26N4O6. The molecule has 0 aliphatic heterocycles. The summed E-state index contributed by atoms with van der Waals surface area (Å²) < 4.78 is 16.3. The van der Waals surface area contributed by atoms with Crippen LogP contribution in [0, 0.1) is 0 Å². The molecule has 0 fully saturated rings. The zero-order valence-corrected chi connectivity index (χ0v) is 19.2. The smallest absolute Gasteiger partial charge is 0.329 e. The largest absolute Gasteiger partial charge is 0.490 e. The summed E-state index contributed by atoms with van der Waals surface area (Å²) in [6.07, 6.45) is 2.83. The second kappa shape index (κ2) is 13.2. The van der Waals surface area contributed by atoms with Gasteiger partial charge in [-0.1, -0.05) is 30.3 Å². The highest BCUT2D eigenvalue weighted by Crippen LogP contribution is 2.28. The van der Waals surface area contributed by atoms with Crippen molar-refractivity contribution in [3.8, 4) is 11.5 Å². The van der Waals surface area contributed by atoms with Crippen molar-refractivity contribution in [3.05, 3.63) is 83.8 Å². The van der Waals surface area contributed by atoms with Crippen molar-refractivity contribution < 1.29 is 28.3 Å². The van der Waals surface area contributed by atoms with Crippen molar-refractivity contribution in [1.29, 1.82) is 0 Å². The van der Waals surface area contributed by atoms with E-state index in [9.17, 15) is 14.4 Å². The number of carbonyl (C=O) groups excluding carboxylic acids is 3. The van der Waals surface area contributed by atoms with E-state index in [2.05, 4.69) is 21.2 Å². The number of hydrogen-bond acceptors (Lipinski definition) is 7. The minimum Gasteiger partial charge on any atom is -0.490 e. The molecule has 0 radical (unpaired) electrons. The third kappa shape index (κ3) is 8.35. The Hall–Kier alpha value is -4.60. The minimum atomic E-state index is -0.917. The van der Waals surface area contributed by atoms with Gasteiger partial charge in [-0.15, -0.1) is 0 Å². The number of nitrogens with zero attached hydrogens (tertiary/aromatic N) is 1. The van der Waals surface area contributed by atoms with E-state index in [0.29, 0.717) is 36.0 Å². The van der Waals surface area contributed by atoms with Gasteiger partial charge in [-0.25, -0.2) is 5.43 Å². The van der Waals surface area contributed by atoms with Gasteiger partial charge in [0, 0.05) is 6.54 Å². The number of benzene rings is 2. The number of carbonyl (C=O) groups is 3. The van der Waals surface area contributed by atoms with Crippen LogP contribution >= 0.6 is 0 Å². The molecule has 2 aromatic carbocycles. The summed E-state index contributed by atoms with van der Waals surface area (Å²) in [5.41, 5.74) is 3.73. The molecule has 35 heavy (non-hydrogen) atoms. The maximum atomic E-state index is 12.1. The van der Waals surface area contributed by atoms with Gasteiger partial charge in [0.2, 0.25) is 0 Å². The molecule has 0 aliphatic carbocycles. The van der Waals surface area contributed by atoms with Crippen LogP contribution in [0.3, 0.4) is 0 Å². The van der Waals surface area contributed by atoms with Crippen molar-refractivity contribution in [2.45, 2.75) is 20.0 Å². The first-order valence-electron chi connectivity index (χ1n) is 10.9. The van der Waals surface area contributed by atoms with Crippen molar-refractivity contribution in [3.63, 3.8) is 0 Å². The minimum absolute atomic E-state index is 0.0897. The molecule has 1 heterocycles. The second-order valence-electron chi connectivity index (χ2n) is 7.15. The molecule has 0 unspecified atom stereocenters. The van der Waals surface area contributed by atoms with Crippen LogP contribution in [0.15, 0.2) is 76.4 Å². The van der Waals surface area contributed by atoms with Crippen LogP contribution < -0.4 is 25.5 Å². The molecule has 0 saturated heterocycles. The Balaban J connectivity index is 1.49. The standard InChI is InChI=1S/C25H26N4O6/c1-2-33-22-13-19(15-28-29-25(32)24(31)27-16-20-9-6-12-34-20)10-11-21(22)35-17-23(30)26-14-18-7-4-3-5-8-18/h3-13,15H,2,14,16-17H2,1H3,(H,26,30)(H,27,31)(H,29,32)/b28-15-. The van der Waals surface area contributed by atoms with Gasteiger partial charge in [-0.05, 0) is 48.4 Å². The first-order chi connectivity index (χ1) is 17.0. The molecule has 0 bridgehead atoms. The van der Waals surface area contributed by atoms with Crippen molar-refractivity contribution in [2.75, 3.05) is 13.2 Å². The van der Waals surface area contributed by atoms with Crippen molar-refractivity contribution in [2.24, 2.45) is 5.10 Å². The van der Waals surface area contributed by atoms with Gasteiger partial charge in [0.25, 0.3) is 5.91 Å². The molecule has 0 saturated carbocycles. The number of hydrazone groups is 1. The molecule has 1 aromatic heterocycles. The van der Waals surface area contributed by atoms with Gasteiger partial charge in [-0.3, -0.25) is 14.4 Å². The lowest BCUT2D eigenvalue weighted by molar-refractivity contribution is -0.139. The highest BCUT2D eigenvalue weighted by atomic mass is 16.5. The molecule has 3 rings (SSSR count). The fourth-order valence-corrected chi connectivity index (χ4v) is 2.86. The number of furan rings is 1. The summed E-state index contributed by atoms with van der Waals surface area (Å²) in [7, 11) is 0. The van der Waals surface area contributed by atoms with Crippen LogP contribution in [0.2, 0.25) is 0 Å². The lowest BCUT2D eigenvalue weighted by Gasteiger charge is -2.12. The first-order valence-corrected chi connectivity index (χ1v) is 10.9. The molecular weight excluding hydrogens is 452 g/mol. The van der Waals surface area contributed by atoms with E-state index >= 15 is 0 Å². The number of hydrogen-bond donors (Lipinski definition) is 3. The van der Waals surface area contributed by atoms with E-state index in [1.807, 2.05) is 37.3 Å². The maximum Gasteiger partial charge on any atom is 0.329 e. The Morgan fingerprint density at radius 2 is 1.74 bits per heavy atom. The van der Waals surface area contributed by atoms with Crippen LogP contribution in [0.1, 0.15) is 23.8 Å². The summed E-state index contributed by atoms with van der Waals surface area (Å²) in [6.45, 7) is 2.52. The van der Waals surface area contributed by atoms with Crippen LogP contribution in [-0.4, -0.2) is 37.1 Å². The Kier molecular flexibility index (Phi) is 9.43. The number of ether oxygens (including phenoxy) is 2. The van der Waals surface area contributed by atoms with E-state index < -0.39 is 11.8 Å². The average Bonchev–Trinajstić information content (AvgIpc) is 3.40. The fourth-order valence-electron chi connectivity index (χ4n) is 2.86. The zero-order valence-electron chi connectivity index (χ0n) is 19.2. The molecule has 0 spiro atoms. The highest BCUT2D eigenvalue weighted by Gasteiger charge is 2.13. The second-order valence-corrected chi connectivity index (χ2v) is 7.15. The fraction of sp³-hybridized carbons (Fsp3) is 0.200. The van der Waals surface area contributed by atoms with Gasteiger partial charge < -0.3 is 24.5 Å². The van der Waals surface area contributed by atoms with E-state index in [4.69, 9.17) is 13.9 Å². The monoisotopic (exact) mass is 478 g/mol. The third-order valence-corrected chi connectivity index (χ3v) is 4.55. The van der Waals surface area contributed by atoms with Gasteiger partial charge in [-0.2, -0.15) is 5.10 Å².